The Balaban J connectivity index is 1.33. The lowest BCUT2D eigenvalue weighted by molar-refractivity contribution is -0.124. The van der Waals surface area contributed by atoms with Gasteiger partial charge in [0.05, 0.1) is 18.1 Å². The first-order valence-electron chi connectivity index (χ1n) is 15.1. The van der Waals surface area contributed by atoms with Crippen LogP contribution in [0, 0.1) is 0 Å². The molecule has 0 saturated carbocycles. The third-order valence-corrected chi connectivity index (χ3v) is 8.79. The first kappa shape index (κ1) is 31.3. The molecule has 3 heterocycles. The van der Waals surface area contributed by atoms with E-state index in [0.717, 1.165) is 45.3 Å². The molecule has 0 radical (unpaired) electrons. The molecule has 2 amide bonds. The van der Waals surface area contributed by atoms with Crippen molar-refractivity contribution in [2.75, 3.05) is 25.0 Å². The van der Waals surface area contributed by atoms with Crippen molar-refractivity contribution >= 4 is 45.2 Å². The van der Waals surface area contributed by atoms with E-state index in [2.05, 4.69) is 43.3 Å². The number of amides is 2. The minimum absolute atomic E-state index is 0.211. The number of nitrogens with one attached hydrogen (secondary N) is 1. The second-order valence-corrected chi connectivity index (χ2v) is 13.9. The van der Waals surface area contributed by atoms with Crippen LogP contribution in [0.25, 0.3) is 0 Å². The van der Waals surface area contributed by atoms with Gasteiger partial charge in [-0.1, -0.05) is 29.8 Å². The van der Waals surface area contributed by atoms with E-state index < -0.39 is 17.7 Å². The lowest BCUT2D eigenvalue weighted by Gasteiger charge is -2.44. The molecule has 2 aromatic carbocycles. The number of anilines is 1. The van der Waals surface area contributed by atoms with Crippen molar-refractivity contribution in [2.24, 2.45) is 0 Å². The van der Waals surface area contributed by atoms with Crippen molar-refractivity contribution in [3.05, 3.63) is 111 Å². The van der Waals surface area contributed by atoms with Crippen LogP contribution >= 0.6 is 27.5 Å². The van der Waals surface area contributed by atoms with Crippen LogP contribution in [0.5, 0.6) is 0 Å². The van der Waals surface area contributed by atoms with Crippen LogP contribution in [-0.2, 0) is 28.9 Å². The Morgan fingerprint density at radius 2 is 1.91 bits per heavy atom. The fourth-order valence-electron chi connectivity index (χ4n) is 6.15. The first-order chi connectivity index (χ1) is 21.5. The summed E-state index contributed by atoms with van der Waals surface area (Å²) < 4.78 is 8.66. The molecule has 1 fully saturated rings. The van der Waals surface area contributed by atoms with E-state index >= 15 is 0 Å². The van der Waals surface area contributed by atoms with E-state index in [1.807, 2.05) is 74.1 Å². The summed E-state index contributed by atoms with van der Waals surface area (Å²) in [6.07, 6.45) is 8.35. The van der Waals surface area contributed by atoms with Gasteiger partial charge in [0.15, 0.2) is 0 Å². The van der Waals surface area contributed by atoms with Gasteiger partial charge in [-0.15, -0.1) is 0 Å². The smallest absolute Gasteiger partial charge is 0.411 e. The third-order valence-electron chi connectivity index (χ3n) is 8.12. The Labute approximate surface area is 276 Å². The maximum atomic E-state index is 14.1. The summed E-state index contributed by atoms with van der Waals surface area (Å²) in [5.41, 5.74) is 5.35. The highest BCUT2D eigenvalue weighted by molar-refractivity contribution is 9.10. The number of fused-ring (bicyclic) bond motifs is 2. The maximum absolute atomic E-state index is 14.1. The zero-order valence-electron chi connectivity index (χ0n) is 25.5. The van der Waals surface area contributed by atoms with Gasteiger partial charge in [0.25, 0.3) is 0 Å². The lowest BCUT2D eigenvalue weighted by atomic mass is 9.95. The van der Waals surface area contributed by atoms with Crippen LogP contribution in [0.4, 0.5) is 10.5 Å². The number of rotatable bonds is 5. The Bertz CT molecular complexity index is 1650. The van der Waals surface area contributed by atoms with Gasteiger partial charge in [-0.05, 0) is 102 Å². The number of hydrogen-bond acceptors (Lipinski definition) is 6. The number of piperazine rings is 1. The van der Waals surface area contributed by atoms with E-state index in [-0.39, 0.29) is 11.9 Å². The minimum atomic E-state index is -0.802. The van der Waals surface area contributed by atoms with Crippen LogP contribution < -0.4 is 5.32 Å². The average Bonchev–Trinajstić information content (AvgIpc) is 3.44. The maximum Gasteiger partial charge on any atom is 0.411 e. The fraction of sp³-hybridized carbons (Fsp3) is 0.353. The van der Waals surface area contributed by atoms with Crippen LogP contribution in [0.15, 0.2) is 77.9 Å². The van der Waals surface area contributed by atoms with Crippen molar-refractivity contribution in [2.45, 2.75) is 57.8 Å². The number of ether oxygens (including phenoxy) is 1. The summed E-state index contributed by atoms with van der Waals surface area (Å²) in [4.78, 5) is 40.4. The van der Waals surface area contributed by atoms with Gasteiger partial charge >= 0.3 is 6.09 Å². The molecule has 0 spiro atoms. The van der Waals surface area contributed by atoms with E-state index in [1.54, 1.807) is 17.4 Å². The zero-order valence-corrected chi connectivity index (χ0v) is 27.9. The number of carbonyl (C=O) groups excluding carboxylic acids is 2. The van der Waals surface area contributed by atoms with Crippen LogP contribution in [-0.4, -0.2) is 67.6 Å². The predicted octanol–water partition coefficient (Wildman–Crippen LogP) is 6.49. The molecule has 0 bridgehead atoms. The number of pyridine rings is 1. The van der Waals surface area contributed by atoms with E-state index in [1.165, 1.54) is 0 Å². The number of hydrogen-bond donors (Lipinski definition) is 1. The van der Waals surface area contributed by atoms with Gasteiger partial charge in [-0.3, -0.25) is 19.6 Å². The summed E-state index contributed by atoms with van der Waals surface area (Å²) in [6.45, 7) is 7.26. The summed E-state index contributed by atoms with van der Waals surface area (Å²) in [5, 5.41) is 3.78. The molecular formula is C34H36BrClN6O3. The van der Waals surface area contributed by atoms with Crippen molar-refractivity contribution in [3.8, 4) is 0 Å². The fourth-order valence-corrected chi connectivity index (χ4v) is 6.72. The highest BCUT2D eigenvalue weighted by Crippen LogP contribution is 2.38. The Morgan fingerprint density at radius 3 is 2.69 bits per heavy atom. The molecule has 0 unspecified atom stereocenters. The molecule has 234 valence electrons. The van der Waals surface area contributed by atoms with Gasteiger partial charge < -0.3 is 14.6 Å². The molecule has 6 rings (SSSR count). The Kier molecular flexibility index (Phi) is 8.99. The molecule has 1 aliphatic carbocycles. The summed E-state index contributed by atoms with van der Waals surface area (Å²) in [5.74, 6) is -0.278. The normalized spacial score (nSPS) is 18.5. The van der Waals surface area contributed by atoms with Gasteiger partial charge in [-0.25, -0.2) is 9.78 Å². The van der Waals surface area contributed by atoms with E-state index in [9.17, 15) is 9.59 Å². The number of carbonyl (C=O) groups is 2. The summed E-state index contributed by atoms with van der Waals surface area (Å²) in [7, 11) is 0. The van der Waals surface area contributed by atoms with Crippen molar-refractivity contribution < 1.29 is 14.3 Å². The second kappa shape index (κ2) is 12.9. The number of aromatic nitrogens is 3. The molecule has 1 aliphatic heterocycles. The number of benzene rings is 2. The zero-order chi connectivity index (χ0) is 31.7. The van der Waals surface area contributed by atoms with Crippen LogP contribution in [0.1, 0.15) is 54.8 Å². The molecule has 9 nitrogen and oxygen atoms in total. The number of imidazole rings is 1. The first-order valence-corrected chi connectivity index (χ1v) is 16.2. The SMILES string of the molecule is CC(C)(C)OC(=O)N1CCN([C@@H]2c3ccc(Cl)cc3CCc3cc(Br)cnc32)C[C@H]1C(=O)Nc1cccc(Cn2ccnc2)c1. The molecule has 2 aliphatic rings. The predicted molar refractivity (Wildman–Crippen MR) is 177 cm³/mol. The van der Waals surface area contributed by atoms with Crippen LogP contribution in [0.3, 0.4) is 0 Å². The Hall–Kier alpha value is -3.73. The molecule has 2 atom stereocenters. The number of nitrogens with zero attached hydrogens (tertiary/aromatic N) is 5. The average molecular weight is 692 g/mol. The second-order valence-electron chi connectivity index (χ2n) is 12.6. The molecule has 1 N–H and O–H groups in total. The Morgan fingerprint density at radius 1 is 1.09 bits per heavy atom. The quantitative estimate of drug-likeness (QED) is 0.257. The topological polar surface area (TPSA) is 92.6 Å². The summed E-state index contributed by atoms with van der Waals surface area (Å²) in [6, 6.07) is 14.8. The number of halogens is 2. The lowest BCUT2D eigenvalue weighted by Crippen LogP contribution is -2.60. The molecule has 45 heavy (non-hydrogen) atoms. The minimum Gasteiger partial charge on any atom is -0.444 e. The highest BCUT2D eigenvalue weighted by atomic mass is 79.9. The van der Waals surface area contributed by atoms with Gasteiger partial charge in [0.1, 0.15) is 11.6 Å². The monoisotopic (exact) mass is 690 g/mol. The van der Waals surface area contributed by atoms with Gasteiger partial charge in [-0.2, -0.15) is 0 Å². The van der Waals surface area contributed by atoms with Crippen LogP contribution in [0.2, 0.25) is 5.02 Å². The largest absolute Gasteiger partial charge is 0.444 e. The van der Waals surface area contributed by atoms with Gasteiger partial charge in [0, 0.05) is 60.0 Å². The molecular weight excluding hydrogens is 656 g/mol. The van der Waals surface area contributed by atoms with Gasteiger partial charge in [0.2, 0.25) is 5.91 Å². The third kappa shape index (κ3) is 7.24. The van der Waals surface area contributed by atoms with Crippen molar-refractivity contribution in [1.82, 2.24) is 24.3 Å². The standard InChI is InChI=1S/C34H36BrClN6O3/c1-34(2,3)45-33(44)42-14-13-41(20-29(42)32(43)39-27-6-4-5-22(15-27)19-40-12-11-37-21-40)31-28-10-9-26(36)17-23(28)7-8-24-16-25(35)18-38-30(24)31/h4-6,9-12,15-18,21,29,31H,7-8,13-14,19-20H2,1-3H3,(H,39,43)/t29-,31+/m0/s1. The highest BCUT2D eigenvalue weighted by Gasteiger charge is 2.41. The molecule has 1 saturated heterocycles. The number of aryl methyl sites for hydroxylation is 2. The van der Waals surface area contributed by atoms with E-state index in [0.29, 0.717) is 36.9 Å². The summed E-state index contributed by atoms with van der Waals surface area (Å²) >= 11 is 10.0. The van der Waals surface area contributed by atoms with Crippen molar-refractivity contribution in [1.29, 1.82) is 0 Å². The molecule has 4 aromatic rings. The molecule has 2 aromatic heterocycles. The van der Waals surface area contributed by atoms with Crippen molar-refractivity contribution in [3.63, 3.8) is 0 Å². The molecule has 11 heteroatoms. The van der Waals surface area contributed by atoms with E-state index in [4.69, 9.17) is 21.3 Å².